The summed E-state index contributed by atoms with van der Waals surface area (Å²) in [5.74, 6) is 0.549. The summed E-state index contributed by atoms with van der Waals surface area (Å²) in [6.45, 7) is 5.86. The van der Waals surface area contributed by atoms with Gasteiger partial charge in [-0.05, 0) is 59.7 Å². The first-order valence-corrected chi connectivity index (χ1v) is 8.67. The molecular formula is C17H20BrN5O. The first-order valence-electron chi connectivity index (χ1n) is 7.87. The van der Waals surface area contributed by atoms with E-state index in [1.807, 2.05) is 31.2 Å². The van der Waals surface area contributed by atoms with Crippen LogP contribution in [0.5, 0.6) is 0 Å². The van der Waals surface area contributed by atoms with Crippen LogP contribution in [-0.2, 0) is 0 Å². The summed E-state index contributed by atoms with van der Waals surface area (Å²) in [6, 6.07) is 9.35. The molecule has 0 unspecified atom stereocenters. The molecule has 0 radical (unpaired) electrons. The molecule has 0 aliphatic carbocycles. The van der Waals surface area contributed by atoms with Crippen LogP contribution in [-0.4, -0.2) is 54.2 Å². The second kappa shape index (κ2) is 7.27. The van der Waals surface area contributed by atoms with E-state index in [2.05, 4.69) is 48.3 Å². The van der Waals surface area contributed by atoms with E-state index >= 15 is 0 Å². The number of nitrogens with one attached hydrogen (secondary N) is 1. The van der Waals surface area contributed by atoms with Gasteiger partial charge in [0.1, 0.15) is 0 Å². The summed E-state index contributed by atoms with van der Waals surface area (Å²) in [7, 11) is 2.11. The molecule has 24 heavy (non-hydrogen) atoms. The van der Waals surface area contributed by atoms with Crippen molar-refractivity contribution in [2.45, 2.75) is 6.92 Å². The van der Waals surface area contributed by atoms with E-state index in [4.69, 9.17) is 0 Å². The lowest BCUT2D eigenvalue weighted by Gasteiger charge is -2.32. The fraction of sp³-hybridized carbons (Fsp3) is 0.353. The second-order valence-corrected chi connectivity index (χ2v) is 6.86. The monoisotopic (exact) mass is 389 g/mol. The maximum Gasteiger partial charge on any atom is 0.276 e. The maximum atomic E-state index is 12.3. The van der Waals surface area contributed by atoms with Crippen LogP contribution >= 0.6 is 15.9 Å². The van der Waals surface area contributed by atoms with E-state index < -0.39 is 0 Å². The summed E-state index contributed by atoms with van der Waals surface area (Å²) >= 11 is 3.46. The number of halogens is 1. The van der Waals surface area contributed by atoms with Gasteiger partial charge in [-0.15, -0.1) is 10.2 Å². The predicted octanol–water partition coefficient (Wildman–Crippen LogP) is 2.55. The van der Waals surface area contributed by atoms with Crippen molar-refractivity contribution in [2.75, 3.05) is 43.4 Å². The number of anilines is 2. The molecule has 1 saturated heterocycles. The molecule has 1 aliphatic heterocycles. The lowest BCUT2D eigenvalue weighted by molar-refractivity contribution is 0.102. The molecule has 7 heteroatoms. The Labute approximate surface area is 150 Å². The van der Waals surface area contributed by atoms with E-state index in [0.29, 0.717) is 5.69 Å². The molecule has 1 aromatic heterocycles. The molecule has 1 aliphatic rings. The van der Waals surface area contributed by atoms with Crippen molar-refractivity contribution in [3.8, 4) is 0 Å². The molecule has 0 bridgehead atoms. The van der Waals surface area contributed by atoms with Crippen LogP contribution in [0.3, 0.4) is 0 Å². The van der Waals surface area contributed by atoms with Gasteiger partial charge in [-0.3, -0.25) is 4.79 Å². The van der Waals surface area contributed by atoms with Crippen molar-refractivity contribution in [3.63, 3.8) is 0 Å². The van der Waals surface area contributed by atoms with E-state index in [-0.39, 0.29) is 5.91 Å². The number of carbonyl (C=O) groups excluding carboxylic acids is 1. The Morgan fingerprint density at radius 3 is 2.50 bits per heavy atom. The summed E-state index contributed by atoms with van der Waals surface area (Å²) in [6.07, 6.45) is 0. The molecule has 1 amide bonds. The van der Waals surface area contributed by atoms with Gasteiger partial charge in [0.25, 0.3) is 5.91 Å². The number of hydrogen-bond donors (Lipinski definition) is 1. The third-order valence-corrected chi connectivity index (χ3v) is 4.74. The van der Waals surface area contributed by atoms with Crippen LogP contribution in [0.4, 0.5) is 11.5 Å². The fourth-order valence-corrected chi connectivity index (χ4v) is 3.15. The molecule has 3 rings (SSSR count). The Balaban J connectivity index is 1.67. The molecule has 0 spiro atoms. The van der Waals surface area contributed by atoms with Crippen LogP contribution < -0.4 is 10.2 Å². The highest BCUT2D eigenvalue weighted by Crippen LogP contribution is 2.23. The van der Waals surface area contributed by atoms with Crippen LogP contribution in [0.25, 0.3) is 0 Å². The van der Waals surface area contributed by atoms with E-state index in [0.717, 1.165) is 47.7 Å². The van der Waals surface area contributed by atoms with Crippen LogP contribution in [0.1, 0.15) is 16.1 Å². The zero-order valence-electron chi connectivity index (χ0n) is 13.8. The third kappa shape index (κ3) is 3.91. The number of hydrogen-bond acceptors (Lipinski definition) is 5. The number of benzene rings is 1. The van der Waals surface area contributed by atoms with Crippen molar-refractivity contribution >= 4 is 33.3 Å². The highest BCUT2D eigenvalue weighted by molar-refractivity contribution is 9.10. The summed E-state index contributed by atoms with van der Waals surface area (Å²) < 4.78 is 0.845. The molecule has 0 saturated carbocycles. The second-order valence-electron chi connectivity index (χ2n) is 6.00. The molecule has 6 nitrogen and oxygen atoms in total. The average Bonchev–Trinajstić information content (AvgIpc) is 2.58. The van der Waals surface area contributed by atoms with Gasteiger partial charge in [-0.1, -0.05) is 6.07 Å². The van der Waals surface area contributed by atoms with Gasteiger partial charge >= 0.3 is 0 Å². The van der Waals surface area contributed by atoms with Crippen LogP contribution in [0.2, 0.25) is 0 Å². The van der Waals surface area contributed by atoms with Crippen LogP contribution in [0, 0.1) is 6.92 Å². The van der Waals surface area contributed by atoms with Crippen molar-refractivity contribution < 1.29 is 4.79 Å². The molecule has 2 aromatic rings. The van der Waals surface area contributed by atoms with Gasteiger partial charge in [0, 0.05) is 30.7 Å². The minimum absolute atomic E-state index is 0.267. The largest absolute Gasteiger partial charge is 0.353 e. The minimum atomic E-state index is -0.267. The number of rotatable bonds is 3. The number of likely N-dealkylation sites (N-methyl/N-ethyl adjacent to an activating group) is 1. The predicted molar refractivity (Wildman–Crippen MR) is 98.6 cm³/mol. The van der Waals surface area contributed by atoms with Crippen molar-refractivity contribution in [2.24, 2.45) is 0 Å². The Kier molecular flexibility index (Phi) is 5.11. The van der Waals surface area contributed by atoms with Gasteiger partial charge in [0.05, 0.1) is 5.69 Å². The number of aromatic nitrogens is 2. The molecular weight excluding hydrogens is 370 g/mol. The summed E-state index contributed by atoms with van der Waals surface area (Å²) in [5.41, 5.74) is 2.15. The quantitative estimate of drug-likeness (QED) is 0.873. The fourth-order valence-electron chi connectivity index (χ4n) is 2.56. The number of piperazine rings is 1. The normalized spacial score (nSPS) is 15.4. The lowest BCUT2D eigenvalue weighted by Crippen LogP contribution is -2.44. The molecule has 126 valence electrons. The summed E-state index contributed by atoms with van der Waals surface area (Å²) in [4.78, 5) is 16.8. The topological polar surface area (TPSA) is 61.4 Å². The SMILES string of the molecule is Cc1ccc(NC(=O)c2ccc(N3CCN(C)CC3)nn2)c(Br)c1. The summed E-state index contributed by atoms with van der Waals surface area (Å²) in [5, 5.41) is 11.1. The van der Waals surface area contributed by atoms with Gasteiger partial charge in [-0.2, -0.15) is 0 Å². The van der Waals surface area contributed by atoms with E-state index in [9.17, 15) is 4.79 Å². The first-order chi connectivity index (χ1) is 11.5. The maximum absolute atomic E-state index is 12.3. The number of carbonyl (C=O) groups is 1. The zero-order valence-corrected chi connectivity index (χ0v) is 15.4. The van der Waals surface area contributed by atoms with E-state index in [1.54, 1.807) is 6.07 Å². The van der Waals surface area contributed by atoms with Crippen LogP contribution in [0.15, 0.2) is 34.8 Å². The van der Waals surface area contributed by atoms with Crippen molar-refractivity contribution in [1.29, 1.82) is 0 Å². The standard InChI is InChI=1S/C17H20BrN5O/c1-12-3-4-14(13(18)11-12)19-17(24)15-5-6-16(21-20-15)23-9-7-22(2)8-10-23/h3-6,11H,7-10H2,1-2H3,(H,19,24). The molecule has 2 heterocycles. The number of aryl methyl sites for hydroxylation is 1. The number of amides is 1. The van der Waals surface area contributed by atoms with E-state index in [1.165, 1.54) is 0 Å². The van der Waals surface area contributed by atoms with Gasteiger partial charge in [0.15, 0.2) is 11.5 Å². The minimum Gasteiger partial charge on any atom is -0.353 e. The Morgan fingerprint density at radius 2 is 1.88 bits per heavy atom. The highest BCUT2D eigenvalue weighted by atomic mass is 79.9. The molecule has 1 fully saturated rings. The van der Waals surface area contributed by atoms with Crippen molar-refractivity contribution in [3.05, 3.63) is 46.1 Å². The number of nitrogens with zero attached hydrogens (tertiary/aromatic N) is 4. The lowest BCUT2D eigenvalue weighted by atomic mass is 10.2. The van der Waals surface area contributed by atoms with Gasteiger partial charge in [-0.25, -0.2) is 0 Å². The Bertz CT molecular complexity index is 726. The van der Waals surface area contributed by atoms with Gasteiger partial charge < -0.3 is 15.1 Å². The molecule has 0 atom stereocenters. The molecule has 1 aromatic carbocycles. The smallest absolute Gasteiger partial charge is 0.276 e. The average molecular weight is 390 g/mol. The third-order valence-electron chi connectivity index (χ3n) is 4.08. The Hall–Kier alpha value is -1.99. The highest BCUT2D eigenvalue weighted by Gasteiger charge is 2.17. The Morgan fingerprint density at radius 1 is 1.12 bits per heavy atom. The first kappa shape index (κ1) is 16.9. The molecule has 1 N–H and O–H groups in total. The zero-order chi connectivity index (χ0) is 17.1. The van der Waals surface area contributed by atoms with Crippen molar-refractivity contribution in [1.82, 2.24) is 15.1 Å². The van der Waals surface area contributed by atoms with Gasteiger partial charge in [0.2, 0.25) is 0 Å².